The normalized spacial score (nSPS) is 21.1. The van der Waals surface area contributed by atoms with Crippen molar-refractivity contribution in [2.24, 2.45) is 22.7 Å². The fraction of sp³-hybridized carbons (Fsp3) is 0.609. The summed E-state index contributed by atoms with van der Waals surface area (Å²) in [6.07, 6.45) is 4.24. The van der Waals surface area contributed by atoms with E-state index < -0.39 is 11.5 Å². The highest BCUT2D eigenvalue weighted by molar-refractivity contribution is 5.94. The van der Waals surface area contributed by atoms with Crippen molar-refractivity contribution in [3.05, 3.63) is 29.8 Å². The molecule has 3 rings (SSSR count). The Morgan fingerprint density at radius 1 is 1.24 bits per heavy atom. The summed E-state index contributed by atoms with van der Waals surface area (Å²) in [5, 5.41) is 20.4. The molecule has 2 amide bonds. The Morgan fingerprint density at radius 2 is 1.91 bits per heavy atom. The van der Waals surface area contributed by atoms with Crippen molar-refractivity contribution in [3.63, 3.8) is 0 Å². The maximum Gasteiger partial charge on any atom is 0.410 e. The Labute approximate surface area is 199 Å². The van der Waals surface area contributed by atoms with Crippen LogP contribution < -0.4 is 5.73 Å². The molecular formula is C23H33FN6O4. The third-order valence-electron chi connectivity index (χ3n) is 5.47. The fourth-order valence-corrected chi connectivity index (χ4v) is 3.74. The third-order valence-corrected chi connectivity index (χ3v) is 5.47. The van der Waals surface area contributed by atoms with Crippen molar-refractivity contribution >= 4 is 17.8 Å². The number of pyridine rings is 1. The van der Waals surface area contributed by atoms with Gasteiger partial charge in [0.1, 0.15) is 11.4 Å². The van der Waals surface area contributed by atoms with E-state index in [0.717, 1.165) is 31.7 Å². The zero-order valence-electron chi connectivity index (χ0n) is 19.9. The summed E-state index contributed by atoms with van der Waals surface area (Å²) in [7, 11) is 0. The maximum atomic E-state index is 12.7. The van der Waals surface area contributed by atoms with Crippen molar-refractivity contribution in [1.82, 2.24) is 14.8 Å². The molecule has 186 valence electrons. The molecule has 0 radical (unpaired) electrons. The average Bonchev–Trinajstić information content (AvgIpc) is 2.83. The second kappa shape index (κ2) is 12.2. The van der Waals surface area contributed by atoms with Crippen molar-refractivity contribution in [2.75, 3.05) is 26.2 Å². The maximum absolute atomic E-state index is 12.7. The smallest absolute Gasteiger partial charge is 0.410 e. The largest absolute Gasteiger partial charge is 0.444 e. The first-order valence-electron chi connectivity index (χ1n) is 11.3. The number of aromatic nitrogens is 1. The van der Waals surface area contributed by atoms with E-state index in [4.69, 9.17) is 20.9 Å². The van der Waals surface area contributed by atoms with Gasteiger partial charge < -0.3 is 25.5 Å². The van der Waals surface area contributed by atoms with Gasteiger partial charge >= 0.3 is 6.09 Å². The predicted molar refractivity (Wildman–Crippen MR) is 122 cm³/mol. The standard InChI is InChI=1S/C12H15FN4O2.C11H18N2O2/c13-10-4-3-8(6-15-10)12(18)17-5-1-2-9(7-17)11(14)16-19;1-11(2,3)15-10(14)13-6-4-5-9(7-12)8-13/h3-4,6,9,19H,1-2,5,7H2,(H2,14,16);9H,4-6,8H2,1-3H3/t2*9-/m01/s1. The number of likely N-dealkylation sites (tertiary alicyclic amines) is 2. The number of nitrogens with two attached hydrogens (primary N) is 1. The molecular weight excluding hydrogens is 443 g/mol. The number of halogens is 1. The van der Waals surface area contributed by atoms with E-state index in [1.807, 2.05) is 20.8 Å². The number of nitrogens with zero attached hydrogens (tertiary/aromatic N) is 5. The lowest BCUT2D eigenvalue weighted by Gasteiger charge is -2.32. The number of rotatable bonds is 2. The van der Waals surface area contributed by atoms with Gasteiger partial charge in [0, 0.05) is 38.3 Å². The van der Waals surface area contributed by atoms with E-state index in [2.05, 4.69) is 16.2 Å². The monoisotopic (exact) mass is 476 g/mol. The zero-order chi connectivity index (χ0) is 25.3. The van der Waals surface area contributed by atoms with Crippen LogP contribution in [0.25, 0.3) is 0 Å². The minimum Gasteiger partial charge on any atom is -0.444 e. The molecule has 3 N–H and O–H groups in total. The van der Waals surface area contributed by atoms with E-state index in [1.165, 1.54) is 12.3 Å². The van der Waals surface area contributed by atoms with Gasteiger partial charge in [-0.05, 0) is 58.6 Å². The van der Waals surface area contributed by atoms with Crippen molar-refractivity contribution in [1.29, 1.82) is 5.26 Å². The molecule has 3 heterocycles. The molecule has 2 aliphatic heterocycles. The van der Waals surface area contributed by atoms with Crippen LogP contribution in [0.3, 0.4) is 0 Å². The third kappa shape index (κ3) is 8.17. The SMILES string of the molecule is CC(C)(C)OC(=O)N1CCC[C@H](C#N)C1.NC(=NO)[C@H]1CCCN(C(=O)c2ccc(F)nc2)C1. The summed E-state index contributed by atoms with van der Waals surface area (Å²) in [6, 6.07) is 4.75. The van der Waals surface area contributed by atoms with Crippen molar-refractivity contribution in [2.45, 2.75) is 52.1 Å². The highest BCUT2D eigenvalue weighted by Crippen LogP contribution is 2.19. The van der Waals surface area contributed by atoms with E-state index in [-0.39, 0.29) is 29.7 Å². The van der Waals surface area contributed by atoms with Gasteiger partial charge in [-0.25, -0.2) is 9.78 Å². The lowest BCUT2D eigenvalue weighted by Crippen LogP contribution is -2.44. The molecule has 2 atom stereocenters. The Hall–Kier alpha value is -3.42. The number of oxime groups is 1. The molecule has 2 aliphatic rings. The number of amidine groups is 1. The Balaban J connectivity index is 0.000000248. The minimum absolute atomic E-state index is 0.0359. The lowest BCUT2D eigenvalue weighted by molar-refractivity contribution is 0.0189. The molecule has 0 aliphatic carbocycles. The number of hydrogen-bond acceptors (Lipinski definition) is 7. The number of hydrogen-bond donors (Lipinski definition) is 2. The number of ether oxygens (including phenoxy) is 1. The average molecular weight is 477 g/mol. The van der Waals surface area contributed by atoms with Crippen LogP contribution in [0.4, 0.5) is 9.18 Å². The van der Waals surface area contributed by atoms with Gasteiger partial charge in [-0.1, -0.05) is 5.16 Å². The Kier molecular flexibility index (Phi) is 9.59. The second-order valence-electron chi connectivity index (χ2n) is 9.38. The fourth-order valence-electron chi connectivity index (χ4n) is 3.74. The van der Waals surface area contributed by atoms with Gasteiger partial charge in [-0.15, -0.1) is 0 Å². The van der Waals surface area contributed by atoms with E-state index in [1.54, 1.807) is 9.80 Å². The van der Waals surface area contributed by atoms with E-state index >= 15 is 0 Å². The molecule has 0 bridgehead atoms. The van der Waals surface area contributed by atoms with Crippen LogP contribution in [0, 0.1) is 29.1 Å². The molecule has 1 aromatic heterocycles. The van der Waals surface area contributed by atoms with Crippen LogP contribution in [0.5, 0.6) is 0 Å². The van der Waals surface area contributed by atoms with Crippen LogP contribution in [-0.2, 0) is 4.74 Å². The van der Waals surface area contributed by atoms with E-state index in [9.17, 15) is 14.0 Å². The van der Waals surface area contributed by atoms with Crippen LogP contribution >= 0.6 is 0 Å². The highest BCUT2D eigenvalue weighted by Gasteiger charge is 2.28. The van der Waals surface area contributed by atoms with E-state index in [0.29, 0.717) is 31.7 Å². The summed E-state index contributed by atoms with van der Waals surface area (Å²) >= 11 is 0. The number of nitriles is 1. The quantitative estimate of drug-likeness (QED) is 0.219. The first kappa shape index (κ1) is 26.8. The lowest BCUT2D eigenvalue weighted by atomic mass is 9.96. The molecule has 11 heteroatoms. The first-order chi connectivity index (χ1) is 16.0. The van der Waals surface area contributed by atoms with Gasteiger partial charge in [0.05, 0.1) is 17.6 Å². The number of carbonyl (C=O) groups excluding carboxylic acids is 2. The summed E-state index contributed by atoms with van der Waals surface area (Å²) in [4.78, 5) is 30.6. The number of piperidine rings is 2. The minimum atomic E-state index is -0.621. The molecule has 0 saturated carbocycles. The molecule has 0 unspecified atom stereocenters. The van der Waals surface area contributed by atoms with Gasteiger partial charge in [-0.3, -0.25) is 4.79 Å². The highest BCUT2D eigenvalue weighted by atomic mass is 19.1. The number of carbonyl (C=O) groups is 2. The van der Waals surface area contributed by atoms with Crippen LogP contribution in [0.1, 0.15) is 56.8 Å². The molecule has 0 spiro atoms. The van der Waals surface area contributed by atoms with Gasteiger partial charge in [0.2, 0.25) is 5.95 Å². The van der Waals surface area contributed by atoms with Crippen molar-refractivity contribution < 1.29 is 23.9 Å². The predicted octanol–water partition coefficient (Wildman–Crippen LogP) is 2.98. The van der Waals surface area contributed by atoms with Crippen LogP contribution in [-0.4, -0.2) is 69.6 Å². The molecule has 34 heavy (non-hydrogen) atoms. The molecule has 0 aromatic carbocycles. The molecule has 1 aromatic rings. The summed E-state index contributed by atoms with van der Waals surface area (Å²) in [5.74, 6) is -0.884. The second-order valence-corrected chi connectivity index (χ2v) is 9.38. The molecule has 2 fully saturated rings. The van der Waals surface area contributed by atoms with Crippen LogP contribution in [0.15, 0.2) is 23.5 Å². The Morgan fingerprint density at radius 3 is 2.50 bits per heavy atom. The summed E-state index contributed by atoms with van der Waals surface area (Å²) in [6.45, 7) is 7.74. The van der Waals surface area contributed by atoms with Gasteiger partial charge in [-0.2, -0.15) is 9.65 Å². The Bertz CT molecular complexity index is 910. The van der Waals surface area contributed by atoms with Gasteiger partial charge in [0.25, 0.3) is 5.91 Å². The first-order valence-corrected chi connectivity index (χ1v) is 11.3. The number of amides is 2. The molecule has 10 nitrogen and oxygen atoms in total. The summed E-state index contributed by atoms with van der Waals surface area (Å²) < 4.78 is 18.0. The van der Waals surface area contributed by atoms with Crippen LogP contribution in [0.2, 0.25) is 0 Å². The zero-order valence-corrected chi connectivity index (χ0v) is 19.9. The molecule has 2 saturated heterocycles. The van der Waals surface area contributed by atoms with Crippen molar-refractivity contribution in [3.8, 4) is 6.07 Å². The van der Waals surface area contributed by atoms with Gasteiger partial charge in [0.15, 0.2) is 0 Å². The summed E-state index contributed by atoms with van der Waals surface area (Å²) in [5.41, 5.74) is 5.44. The topological polar surface area (TPSA) is 145 Å².